The molecule has 0 atom stereocenters. The van der Waals surface area contributed by atoms with Gasteiger partial charge in [-0.15, -0.1) is 11.8 Å². The van der Waals surface area contributed by atoms with Gasteiger partial charge in [-0.05, 0) is 68.5 Å². The highest BCUT2D eigenvalue weighted by Crippen LogP contribution is 2.26. The van der Waals surface area contributed by atoms with Crippen molar-refractivity contribution in [3.8, 4) is 0 Å². The molecular weight excluding hydrogens is 328 g/mol. The molecule has 0 saturated heterocycles. The topological polar surface area (TPSA) is 34.0 Å². The van der Waals surface area contributed by atoms with Crippen LogP contribution < -0.4 is 5.32 Å². The Morgan fingerprint density at radius 2 is 1.84 bits per heavy atom. The van der Waals surface area contributed by atoms with E-state index in [-0.39, 0.29) is 5.91 Å². The maximum absolute atomic E-state index is 12.5. The van der Waals surface area contributed by atoms with Crippen molar-refractivity contribution in [3.05, 3.63) is 64.8 Å². The molecule has 130 valence electrons. The van der Waals surface area contributed by atoms with Crippen molar-refractivity contribution >= 4 is 28.6 Å². The first kappa shape index (κ1) is 17.6. The van der Waals surface area contributed by atoms with Crippen molar-refractivity contribution in [3.63, 3.8) is 0 Å². The van der Waals surface area contributed by atoms with E-state index in [1.165, 1.54) is 21.7 Å². The van der Waals surface area contributed by atoms with Crippen LogP contribution in [0.15, 0.2) is 47.4 Å². The highest BCUT2D eigenvalue weighted by atomic mass is 32.2. The summed E-state index contributed by atoms with van der Waals surface area (Å²) in [6, 6.07) is 14.3. The van der Waals surface area contributed by atoms with Crippen LogP contribution in [0.2, 0.25) is 0 Å². The van der Waals surface area contributed by atoms with Crippen molar-refractivity contribution in [2.75, 3.05) is 6.26 Å². The minimum Gasteiger partial charge on any atom is -0.348 e. The fourth-order valence-corrected chi connectivity index (χ4v) is 3.63. The molecule has 1 heterocycles. The predicted molar refractivity (Wildman–Crippen MR) is 106 cm³/mol. The third kappa shape index (κ3) is 3.45. The molecule has 0 fully saturated rings. The Morgan fingerprint density at radius 1 is 1.12 bits per heavy atom. The SMILES string of the molecule is CCn1c(C)c(C)c2cc(C(=O)NCc3ccc(SC)cc3)ccc21. The molecule has 2 aromatic carbocycles. The number of nitrogens with one attached hydrogen (secondary N) is 1. The van der Waals surface area contributed by atoms with Crippen molar-refractivity contribution < 1.29 is 4.79 Å². The van der Waals surface area contributed by atoms with Crippen LogP contribution in [0, 0.1) is 13.8 Å². The lowest BCUT2D eigenvalue weighted by atomic mass is 10.1. The molecule has 0 bridgehead atoms. The molecule has 1 aromatic heterocycles. The molecule has 0 aliphatic heterocycles. The van der Waals surface area contributed by atoms with Crippen molar-refractivity contribution in [1.29, 1.82) is 0 Å². The zero-order valence-corrected chi connectivity index (χ0v) is 16.0. The third-order valence-electron chi connectivity index (χ3n) is 4.83. The minimum atomic E-state index is -0.0304. The van der Waals surface area contributed by atoms with Crippen LogP contribution in [-0.2, 0) is 13.1 Å². The largest absolute Gasteiger partial charge is 0.348 e. The summed E-state index contributed by atoms with van der Waals surface area (Å²) in [5, 5.41) is 4.18. The molecule has 0 spiro atoms. The van der Waals surface area contributed by atoms with Crippen LogP contribution in [0.3, 0.4) is 0 Å². The predicted octanol–water partition coefficient (Wildman–Crippen LogP) is 4.93. The Hall–Kier alpha value is -2.20. The molecule has 1 N–H and O–H groups in total. The van der Waals surface area contributed by atoms with Crippen molar-refractivity contribution in [1.82, 2.24) is 9.88 Å². The lowest BCUT2D eigenvalue weighted by Crippen LogP contribution is -2.22. The summed E-state index contributed by atoms with van der Waals surface area (Å²) in [7, 11) is 0. The number of aromatic nitrogens is 1. The molecule has 0 saturated carbocycles. The monoisotopic (exact) mass is 352 g/mol. The van der Waals surface area contributed by atoms with Crippen molar-refractivity contribution in [2.45, 2.75) is 38.8 Å². The van der Waals surface area contributed by atoms with Crippen LogP contribution in [0.5, 0.6) is 0 Å². The Kier molecular flexibility index (Phi) is 5.19. The van der Waals surface area contributed by atoms with Gasteiger partial charge in [-0.1, -0.05) is 12.1 Å². The number of hydrogen-bond donors (Lipinski definition) is 1. The van der Waals surface area contributed by atoms with E-state index in [0.717, 1.165) is 17.5 Å². The molecular formula is C21H24N2OS. The molecule has 1 amide bonds. The third-order valence-corrected chi connectivity index (χ3v) is 5.57. The number of carbonyl (C=O) groups is 1. The quantitative estimate of drug-likeness (QED) is 0.661. The average Bonchev–Trinajstić information content (AvgIpc) is 2.90. The van der Waals surface area contributed by atoms with Gasteiger partial charge < -0.3 is 9.88 Å². The summed E-state index contributed by atoms with van der Waals surface area (Å²) in [6.07, 6.45) is 2.06. The lowest BCUT2D eigenvalue weighted by molar-refractivity contribution is 0.0951. The number of benzene rings is 2. The molecule has 0 unspecified atom stereocenters. The summed E-state index contributed by atoms with van der Waals surface area (Å²) < 4.78 is 2.29. The maximum Gasteiger partial charge on any atom is 0.251 e. The molecule has 3 nitrogen and oxygen atoms in total. The van der Waals surface area contributed by atoms with E-state index in [0.29, 0.717) is 12.1 Å². The Morgan fingerprint density at radius 3 is 2.48 bits per heavy atom. The van der Waals surface area contributed by atoms with E-state index >= 15 is 0 Å². The van der Waals surface area contributed by atoms with Crippen LogP contribution in [0.25, 0.3) is 10.9 Å². The number of fused-ring (bicyclic) bond motifs is 1. The van der Waals surface area contributed by atoms with Gasteiger partial charge >= 0.3 is 0 Å². The van der Waals surface area contributed by atoms with E-state index in [9.17, 15) is 4.79 Å². The highest BCUT2D eigenvalue weighted by Gasteiger charge is 2.13. The Labute approximate surface area is 153 Å². The van der Waals surface area contributed by atoms with Crippen molar-refractivity contribution in [2.24, 2.45) is 0 Å². The molecule has 0 radical (unpaired) electrons. The normalized spacial score (nSPS) is 11.0. The zero-order chi connectivity index (χ0) is 18.0. The second-order valence-electron chi connectivity index (χ2n) is 6.22. The van der Waals surface area contributed by atoms with E-state index in [1.54, 1.807) is 11.8 Å². The maximum atomic E-state index is 12.5. The molecule has 25 heavy (non-hydrogen) atoms. The van der Waals surface area contributed by atoms with Gasteiger partial charge in [0.25, 0.3) is 5.91 Å². The van der Waals surface area contributed by atoms with E-state index in [1.807, 2.05) is 12.1 Å². The van der Waals surface area contributed by atoms with Crippen LogP contribution in [-0.4, -0.2) is 16.7 Å². The smallest absolute Gasteiger partial charge is 0.251 e. The van der Waals surface area contributed by atoms with Gasteiger partial charge in [0.1, 0.15) is 0 Å². The van der Waals surface area contributed by atoms with Gasteiger partial charge in [0.2, 0.25) is 0 Å². The van der Waals surface area contributed by atoms with Crippen LogP contribution in [0.1, 0.15) is 34.1 Å². The molecule has 0 aliphatic carbocycles. The van der Waals surface area contributed by atoms with Crippen LogP contribution in [0.4, 0.5) is 0 Å². The first-order valence-electron chi connectivity index (χ1n) is 8.55. The number of amides is 1. The summed E-state index contributed by atoms with van der Waals surface area (Å²) in [5.41, 5.74) is 5.53. The van der Waals surface area contributed by atoms with E-state index < -0.39 is 0 Å². The standard InChI is InChI=1S/C21H24N2OS/c1-5-23-15(3)14(2)19-12-17(8-11-20(19)23)21(24)22-13-16-6-9-18(25-4)10-7-16/h6-12H,5,13H2,1-4H3,(H,22,24). The fourth-order valence-electron chi connectivity index (χ4n) is 3.23. The fraction of sp³-hybridized carbons (Fsp3) is 0.286. The van der Waals surface area contributed by atoms with Gasteiger partial charge in [0.15, 0.2) is 0 Å². The lowest BCUT2D eigenvalue weighted by Gasteiger charge is -2.07. The average molecular weight is 353 g/mol. The summed E-state index contributed by atoms with van der Waals surface area (Å²) in [6.45, 7) is 7.89. The molecule has 3 aromatic rings. The second kappa shape index (κ2) is 7.36. The van der Waals surface area contributed by atoms with E-state index in [4.69, 9.17) is 0 Å². The zero-order valence-electron chi connectivity index (χ0n) is 15.2. The van der Waals surface area contributed by atoms with Gasteiger partial charge in [0.05, 0.1) is 0 Å². The van der Waals surface area contributed by atoms with Crippen LogP contribution >= 0.6 is 11.8 Å². The number of rotatable bonds is 5. The molecule has 3 rings (SSSR count). The second-order valence-corrected chi connectivity index (χ2v) is 7.10. The van der Waals surface area contributed by atoms with E-state index in [2.05, 4.69) is 67.2 Å². The number of thioether (sulfide) groups is 1. The summed E-state index contributed by atoms with van der Waals surface area (Å²) >= 11 is 1.72. The minimum absolute atomic E-state index is 0.0304. The number of hydrogen-bond acceptors (Lipinski definition) is 2. The Bertz CT molecular complexity index is 910. The molecule has 4 heteroatoms. The first-order valence-corrected chi connectivity index (χ1v) is 9.78. The Balaban J connectivity index is 1.78. The van der Waals surface area contributed by atoms with Gasteiger partial charge in [-0.25, -0.2) is 0 Å². The highest BCUT2D eigenvalue weighted by molar-refractivity contribution is 7.98. The molecule has 0 aliphatic rings. The summed E-state index contributed by atoms with van der Waals surface area (Å²) in [5.74, 6) is -0.0304. The first-order chi connectivity index (χ1) is 12.0. The van der Waals surface area contributed by atoms with Gasteiger partial charge in [0, 0.05) is 40.1 Å². The summed E-state index contributed by atoms with van der Waals surface area (Å²) in [4.78, 5) is 13.8. The van der Waals surface area contributed by atoms with Gasteiger partial charge in [-0.2, -0.15) is 0 Å². The number of aryl methyl sites for hydroxylation is 2. The number of carbonyl (C=O) groups excluding carboxylic acids is 1. The van der Waals surface area contributed by atoms with Gasteiger partial charge in [-0.3, -0.25) is 4.79 Å². The number of nitrogens with zero attached hydrogens (tertiary/aromatic N) is 1.